The fourth-order valence-corrected chi connectivity index (χ4v) is 6.78. The van der Waals surface area contributed by atoms with Gasteiger partial charge in [-0.2, -0.15) is 0 Å². The molecule has 1 heterocycles. The number of aromatic hydroxyl groups is 1. The average molecular weight is 369 g/mol. The first-order chi connectivity index (χ1) is 13.0. The Bertz CT molecular complexity index is 767. The van der Waals surface area contributed by atoms with E-state index in [1.54, 1.807) is 6.08 Å². The first-order valence-electron chi connectivity index (χ1n) is 10.7. The van der Waals surface area contributed by atoms with Crippen LogP contribution in [0.4, 0.5) is 0 Å². The Labute approximate surface area is 162 Å². The summed E-state index contributed by atoms with van der Waals surface area (Å²) in [5, 5.41) is 9.81. The van der Waals surface area contributed by atoms with Crippen molar-refractivity contribution in [1.29, 1.82) is 0 Å². The van der Waals surface area contributed by atoms with Crippen LogP contribution in [0, 0.1) is 17.3 Å². The zero-order valence-corrected chi connectivity index (χ0v) is 16.8. The zero-order valence-electron chi connectivity index (χ0n) is 16.8. The normalized spacial score (nSPS) is 38.9. The van der Waals surface area contributed by atoms with E-state index < -0.39 is 0 Å². The largest absolute Gasteiger partial charge is 0.508 e. The van der Waals surface area contributed by atoms with Crippen molar-refractivity contribution in [3.63, 3.8) is 0 Å². The molecule has 146 valence electrons. The van der Waals surface area contributed by atoms with E-state index in [2.05, 4.69) is 13.0 Å². The van der Waals surface area contributed by atoms with E-state index in [4.69, 9.17) is 4.74 Å². The molecular formula is C24H32O3. The maximum atomic E-state index is 12.0. The number of ether oxygens (including phenoxy) is 1. The van der Waals surface area contributed by atoms with Crippen LogP contribution in [0.1, 0.15) is 76.3 Å². The standard InChI is InChI=1S/C22H26O3.C2H6/c1-21-11-8-17-16-7-5-15(23)13-14(16)4-6-18(17)19(21)9-12-22(21)10-2-3-20(24)25-22;1-2/h2-3,5,7,13,17-19,23H,4,6,8-12H2,1H3;1-2H3. The third-order valence-corrected chi connectivity index (χ3v) is 8.00. The lowest BCUT2D eigenvalue weighted by atomic mass is 9.53. The summed E-state index contributed by atoms with van der Waals surface area (Å²) in [6, 6.07) is 5.96. The number of fused-ring (bicyclic) bond motifs is 6. The van der Waals surface area contributed by atoms with Crippen molar-refractivity contribution >= 4 is 5.97 Å². The molecular weight excluding hydrogens is 336 g/mol. The highest BCUT2D eigenvalue weighted by molar-refractivity contribution is 5.83. The molecule has 5 rings (SSSR count). The monoisotopic (exact) mass is 368 g/mol. The average Bonchev–Trinajstić information content (AvgIpc) is 2.95. The zero-order chi connectivity index (χ0) is 19.2. The molecule has 4 aliphatic rings. The quantitative estimate of drug-likeness (QED) is 0.614. The van der Waals surface area contributed by atoms with Gasteiger partial charge in [-0.05, 0) is 79.5 Å². The molecule has 5 unspecified atom stereocenters. The SMILES string of the molecule is CC.CC12CCC3c4ccc(O)cc4CCC3C1CCC21CC=CC(=O)O1. The van der Waals surface area contributed by atoms with Gasteiger partial charge in [0.25, 0.3) is 0 Å². The Morgan fingerprint density at radius 3 is 2.74 bits per heavy atom. The smallest absolute Gasteiger partial charge is 0.331 e. The van der Waals surface area contributed by atoms with E-state index in [1.165, 1.54) is 30.4 Å². The second kappa shape index (κ2) is 6.68. The Balaban J connectivity index is 0.000000872. The van der Waals surface area contributed by atoms with Gasteiger partial charge in [-0.1, -0.05) is 32.9 Å². The molecule has 0 saturated heterocycles. The fourth-order valence-electron chi connectivity index (χ4n) is 6.78. The predicted octanol–water partition coefficient (Wildman–Crippen LogP) is 5.52. The van der Waals surface area contributed by atoms with E-state index >= 15 is 0 Å². The minimum Gasteiger partial charge on any atom is -0.508 e. The Morgan fingerprint density at radius 1 is 1.15 bits per heavy atom. The van der Waals surface area contributed by atoms with Crippen molar-refractivity contribution in [2.75, 3.05) is 0 Å². The van der Waals surface area contributed by atoms with Crippen molar-refractivity contribution in [3.05, 3.63) is 41.5 Å². The molecule has 1 spiro atoms. The van der Waals surface area contributed by atoms with Gasteiger partial charge in [-0.15, -0.1) is 0 Å². The van der Waals surface area contributed by atoms with Gasteiger partial charge in [0, 0.05) is 17.9 Å². The van der Waals surface area contributed by atoms with Crippen LogP contribution in [0.5, 0.6) is 5.75 Å². The second-order valence-electron chi connectivity index (χ2n) is 8.82. The van der Waals surface area contributed by atoms with Gasteiger partial charge in [-0.25, -0.2) is 4.79 Å². The highest BCUT2D eigenvalue weighted by Gasteiger charge is 2.63. The molecule has 5 atom stereocenters. The van der Waals surface area contributed by atoms with E-state index in [1.807, 2.05) is 32.1 Å². The molecule has 1 aliphatic heterocycles. The topological polar surface area (TPSA) is 46.5 Å². The lowest BCUT2D eigenvalue weighted by Crippen LogP contribution is -2.53. The summed E-state index contributed by atoms with van der Waals surface area (Å²) in [7, 11) is 0. The van der Waals surface area contributed by atoms with Gasteiger partial charge < -0.3 is 9.84 Å². The van der Waals surface area contributed by atoms with Gasteiger partial charge in [-0.3, -0.25) is 0 Å². The lowest BCUT2D eigenvalue weighted by molar-refractivity contribution is -0.176. The van der Waals surface area contributed by atoms with Gasteiger partial charge >= 0.3 is 5.97 Å². The Morgan fingerprint density at radius 2 is 1.96 bits per heavy atom. The minimum absolute atomic E-state index is 0.100. The van der Waals surface area contributed by atoms with Gasteiger partial charge in [0.1, 0.15) is 11.4 Å². The summed E-state index contributed by atoms with van der Waals surface area (Å²) < 4.78 is 6.01. The third-order valence-electron chi connectivity index (χ3n) is 8.00. The maximum Gasteiger partial charge on any atom is 0.331 e. The first kappa shape index (κ1) is 18.6. The third kappa shape index (κ3) is 2.65. The number of rotatable bonds is 0. The summed E-state index contributed by atoms with van der Waals surface area (Å²) in [5.41, 5.74) is 2.62. The minimum atomic E-state index is -0.274. The summed E-state index contributed by atoms with van der Waals surface area (Å²) in [4.78, 5) is 12.0. The molecule has 1 aromatic carbocycles. The van der Waals surface area contributed by atoms with Crippen LogP contribution in [0.3, 0.4) is 0 Å². The predicted molar refractivity (Wildman–Crippen MR) is 107 cm³/mol. The second-order valence-corrected chi connectivity index (χ2v) is 8.82. The molecule has 2 fully saturated rings. The van der Waals surface area contributed by atoms with Crippen LogP contribution in [0.2, 0.25) is 0 Å². The van der Waals surface area contributed by atoms with Gasteiger partial charge in [0.2, 0.25) is 0 Å². The van der Waals surface area contributed by atoms with E-state index in [0.717, 1.165) is 25.7 Å². The number of phenols is 1. The summed E-state index contributed by atoms with van der Waals surface area (Å²) in [5.74, 6) is 2.15. The molecule has 0 aromatic heterocycles. The number of aryl methyl sites for hydroxylation is 1. The molecule has 0 bridgehead atoms. The van der Waals surface area contributed by atoms with Gasteiger partial charge in [0.05, 0.1) is 0 Å². The number of carbonyl (C=O) groups excluding carboxylic acids is 1. The number of esters is 1. The molecule has 3 heteroatoms. The van der Waals surface area contributed by atoms with E-state index in [-0.39, 0.29) is 17.0 Å². The van der Waals surface area contributed by atoms with Crippen LogP contribution in [-0.4, -0.2) is 16.7 Å². The maximum absolute atomic E-state index is 12.0. The number of carbonyl (C=O) groups is 1. The van der Waals surface area contributed by atoms with Crippen LogP contribution >= 0.6 is 0 Å². The number of hydrogen-bond acceptors (Lipinski definition) is 3. The summed E-state index contributed by atoms with van der Waals surface area (Å²) in [6.07, 6.45) is 11.2. The van der Waals surface area contributed by atoms with Crippen molar-refractivity contribution in [1.82, 2.24) is 0 Å². The van der Waals surface area contributed by atoms with Crippen LogP contribution < -0.4 is 0 Å². The van der Waals surface area contributed by atoms with Crippen LogP contribution in [0.15, 0.2) is 30.4 Å². The van der Waals surface area contributed by atoms with Gasteiger partial charge in [0.15, 0.2) is 0 Å². The van der Waals surface area contributed by atoms with Crippen molar-refractivity contribution in [2.45, 2.75) is 77.2 Å². The van der Waals surface area contributed by atoms with Crippen LogP contribution in [-0.2, 0) is 16.0 Å². The van der Waals surface area contributed by atoms with Crippen molar-refractivity contribution in [3.8, 4) is 5.75 Å². The number of hydrogen-bond donors (Lipinski definition) is 1. The molecule has 0 radical (unpaired) electrons. The molecule has 27 heavy (non-hydrogen) atoms. The highest BCUT2D eigenvalue weighted by Crippen LogP contribution is 2.66. The number of benzene rings is 1. The van der Waals surface area contributed by atoms with E-state index in [9.17, 15) is 9.90 Å². The molecule has 3 aliphatic carbocycles. The Kier molecular flexibility index (Phi) is 4.60. The lowest BCUT2D eigenvalue weighted by Gasteiger charge is -2.54. The molecule has 2 saturated carbocycles. The summed E-state index contributed by atoms with van der Waals surface area (Å²) in [6.45, 7) is 6.39. The highest BCUT2D eigenvalue weighted by atomic mass is 16.6. The van der Waals surface area contributed by atoms with Crippen molar-refractivity contribution in [2.24, 2.45) is 17.3 Å². The van der Waals surface area contributed by atoms with E-state index in [0.29, 0.717) is 23.5 Å². The molecule has 1 aromatic rings. The number of phenolic OH excluding ortho intramolecular Hbond substituents is 1. The van der Waals surface area contributed by atoms with Crippen molar-refractivity contribution < 1.29 is 14.6 Å². The molecule has 0 amide bonds. The fraction of sp³-hybridized carbons (Fsp3) is 0.625. The summed E-state index contributed by atoms with van der Waals surface area (Å²) >= 11 is 0. The molecule has 3 nitrogen and oxygen atoms in total. The first-order valence-corrected chi connectivity index (χ1v) is 10.7. The molecule has 1 N–H and O–H groups in total. The Hall–Kier alpha value is -1.77. The van der Waals surface area contributed by atoms with Crippen LogP contribution in [0.25, 0.3) is 0 Å².